The van der Waals surface area contributed by atoms with Gasteiger partial charge in [0.2, 0.25) is 5.13 Å². The second-order valence-electron chi connectivity index (χ2n) is 2.92. The summed E-state index contributed by atoms with van der Waals surface area (Å²) >= 11 is 6.04. The second kappa shape index (κ2) is 4.45. The summed E-state index contributed by atoms with van der Waals surface area (Å²) in [6, 6.07) is 0. The van der Waals surface area contributed by atoms with Crippen LogP contribution in [0.4, 0.5) is 10.9 Å². The molecule has 0 bridgehead atoms. The third kappa shape index (κ3) is 2.47. The smallest absolute Gasteiger partial charge is 0.208 e. The van der Waals surface area contributed by atoms with Crippen molar-refractivity contribution in [3.8, 4) is 0 Å². The molecule has 8 heteroatoms. The molecule has 2 aromatic rings. The number of nitrogens with two attached hydrogens (primary N) is 1. The third-order valence-electron chi connectivity index (χ3n) is 1.67. The standard InChI is InChI=1S/C8H8N6S2/c1-4-12-8(16-14-4)13-6-3-10-5(2-11-6)7(9)15/h2-3H,1H3,(H2,9,15)(H,11,12,13,14). The topological polar surface area (TPSA) is 89.6 Å². The molecule has 2 aromatic heterocycles. The lowest BCUT2D eigenvalue weighted by Gasteiger charge is -2.01. The van der Waals surface area contributed by atoms with Gasteiger partial charge in [0.1, 0.15) is 16.5 Å². The zero-order chi connectivity index (χ0) is 11.5. The summed E-state index contributed by atoms with van der Waals surface area (Å²) in [6.07, 6.45) is 3.06. The van der Waals surface area contributed by atoms with E-state index in [0.29, 0.717) is 16.6 Å². The molecule has 0 aromatic carbocycles. The highest BCUT2D eigenvalue weighted by Gasteiger charge is 2.03. The summed E-state index contributed by atoms with van der Waals surface area (Å²) in [5.41, 5.74) is 5.90. The number of nitrogens with zero attached hydrogens (tertiary/aromatic N) is 4. The minimum Gasteiger partial charge on any atom is -0.388 e. The molecule has 82 valence electrons. The molecule has 0 aliphatic heterocycles. The molecule has 0 saturated carbocycles. The van der Waals surface area contributed by atoms with E-state index >= 15 is 0 Å². The Labute approximate surface area is 101 Å². The zero-order valence-corrected chi connectivity index (χ0v) is 9.97. The van der Waals surface area contributed by atoms with Crippen molar-refractivity contribution in [2.75, 3.05) is 5.32 Å². The molecule has 0 aliphatic rings. The van der Waals surface area contributed by atoms with Gasteiger partial charge in [0.15, 0.2) is 5.82 Å². The van der Waals surface area contributed by atoms with Crippen molar-refractivity contribution >= 4 is 39.7 Å². The molecule has 6 nitrogen and oxygen atoms in total. The van der Waals surface area contributed by atoms with Crippen molar-refractivity contribution in [2.45, 2.75) is 6.92 Å². The van der Waals surface area contributed by atoms with Crippen LogP contribution in [0.3, 0.4) is 0 Å². The van der Waals surface area contributed by atoms with Crippen LogP contribution in [-0.4, -0.2) is 24.3 Å². The maximum absolute atomic E-state index is 5.41. The van der Waals surface area contributed by atoms with Crippen LogP contribution in [0.15, 0.2) is 12.4 Å². The first-order valence-corrected chi connectivity index (χ1v) is 5.52. The van der Waals surface area contributed by atoms with Crippen LogP contribution in [0.5, 0.6) is 0 Å². The molecular formula is C8H8N6S2. The van der Waals surface area contributed by atoms with Gasteiger partial charge in [-0.1, -0.05) is 12.2 Å². The van der Waals surface area contributed by atoms with E-state index in [9.17, 15) is 0 Å². The van der Waals surface area contributed by atoms with E-state index in [2.05, 4.69) is 24.6 Å². The monoisotopic (exact) mass is 252 g/mol. The van der Waals surface area contributed by atoms with Gasteiger partial charge in [0.05, 0.1) is 12.4 Å². The Bertz CT molecular complexity index is 506. The Morgan fingerprint density at radius 1 is 1.44 bits per heavy atom. The molecule has 2 rings (SSSR count). The SMILES string of the molecule is Cc1nsc(Nc2cnc(C(N)=S)cn2)n1. The number of hydrogen-bond donors (Lipinski definition) is 2. The van der Waals surface area contributed by atoms with Crippen molar-refractivity contribution in [3.63, 3.8) is 0 Å². The lowest BCUT2D eigenvalue weighted by atomic mass is 10.4. The Morgan fingerprint density at radius 3 is 2.75 bits per heavy atom. The number of nitrogens with one attached hydrogen (secondary N) is 1. The van der Waals surface area contributed by atoms with Crippen molar-refractivity contribution in [1.29, 1.82) is 0 Å². The Balaban J connectivity index is 2.14. The van der Waals surface area contributed by atoms with E-state index in [1.54, 1.807) is 6.20 Å². The number of aromatic nitrogens is 4. The number of hydrogen-bond acceptors (Lipinski definition) is 7. The molecule has 0 fully saturated rings. The van der Waals surface area contributed by atoms with Gasteiger partial charge in [-0.25, -0.2) is 15.0 Å². The van der Waals surface area contributed by atoms with Gasteiger partial charge in [-0.2, -0.15) is 4.37 Å². The number of aryl methyl sites for hydroxylation is 1. The fraction of sp³-hybridized carbons (Fsp3) is 0.125. The average Bonchev–Trinajstić information content (AvgIpc) is 2.65. The molecular weight excluding hydrogens is 244 g/mol. The van der Waals surface area contributed by atoms with Gasteiger partial charge in [0.25, 0.3) is 0 Å². The normalized spacial score (nSPS) is 10.1. The van der Waals surface area contributed by atoms with Gasteiger partial charge in [-0.15, -0.1) is 0 Å². The highest BCUT2D eigenvalue weighted by molar-refractivity contribution is 7.80. The Kier molecular flexibility index (Phi) is 3.02. The molecule has 16 heavy (non-hydrogen) atoms. The molecule has 0 aliphatic carbocycles. The summed E-state index contributed by atoms with van der Waals surface area (Å²) in [7, 11) is 0. The fourth-order valence-corrected chi connectivity index (χ4v) is 1.67. The van der Waals surface area contributed by atoms with E-state index in [1.807, 2.05) is 6.92 Å². The molecule has 0 saturated heterocycles. The Hall–Kier alpha value is -1.67. The first kappa shape index (κ1) is 10.8. The number of anilines is 2. The minimum atomic E-state index is 0.228. The zero-order valence-electron chi connectivity index (χ0n) is 8.34. The highest BCUT2D eigenvalue weighted by atomic mass is 32.1. The summed E-state index contributed by atoms with van der Waals surface area (Å²) in [6.45, 7) is 1.82. The summed E-state index contributed by atoms with van der Waals surface area (Å²) in [5, 5.41) is 3.65. The predicted molar refractivity (Wildman–Crippen MR) is 65.8 cm³/mol. The average molecular weight is 252 g/mol. The van der Waals surface area contributed by atoms with Crippen LogP contribution in [0, 0.1) is 6.92 Å². The van der Waals surface area contributed by atoms with Gasteiger partial charge in [0, 0.05) is 11.5 Å². The van der Waals surface area contributed by atoms with Crippen LogP contribution in [0.1, 0.15) is 11.5 Å². The predicted octanol–water partition coefficient (Wildman–Crippen LogP) is 1.01. The van der Waals surface area contributed by atoms with Crippen LogP contribution in [-0.2, 0) is 0 Å². The fourth-order valence-electron chi connectivity index (χ4n) is 0.977. The van der Waals surface area contributed by atoms with Crippen molar-refractivity contribution < 1.29 is 0 Å². The maximum Gasteiger partial charge on any atom is 0.208 e. The second-order valence-corrected chi connectivity index (χ2v) is 4.11. The van der Waals surface area contributed by atoms with Crippen LogP contribution in [0.25, 0.3) is 0 Å². The van der Waals surface area contributed by atoms with E-state index in [-0.39, 0.29) is 4.99 Å². The summed E-state index contributed by atoms with van der Waals surface area (Å²) in [4.78, 5) is 12.5. The third-order valence-corrected chi connectivity index (χ3v) is 2.60. The minimum absolute atomic E-state index is 0.228. The number of rotatable bonds is 3. The first-order chi connectivity index (χ1) is 7.65. The summed E-state index contributed by atoms with van der Waals surface area (Å²) < 4.78 is 4.04. The molecule has 0 unspecified atom stereocenters. The van der Waals surface area contributed by atoms with Crippen LogP contribution < -0.4 is 11.1 Å². The first-order valence-electron chi connectivity index (χ1n) is 4.34. The molecule has 3 N–H and O–H groups in total. The van der Waals surface area contributed by atoms with Gasteiger partial charge < -0.3 is 11.1 Å². The molecule has 2 heterocycles. The van der Waals surface area contributed by atoms with E-state index < -0.39 is 0 Å². The van der Waals surface area contributed by atoms with E-state index in [4.69, 9.17) is 18.0 Å². The van der Waals surface area contributed by atoms with Gasteiger partial charge >= 0.3 is 0 Å². The Morgan fingerprint density at radius 2 is 2.25 bits per heavy atom. The van der Waals surface area contributed by atoms with E-state index in [1.165, 1.54) is 17.7 Å². The van der Waals surface area contributed by atoms with Gasteiger partial charge in [-0.3, -0.25) is 0 Å². The van der Waals surface area contributed by atoms with Crippen molar-refractivity contribution in [3.05, 3.63) is 23.9 Å². The number of thiocarbonyl (C=S) groups is 1. The van der Waals surface area contributed by atoms with Crippen LogP contribution >= 0.6 is 23.8 Å². The van der Waals surface area contributed by atoms with Crippen molar-refractivity contribution in [1.82, 2.24) is 19.3 Å². The maximum atomic E-state index is 5.41. The largest absolute Gasteiger partial charge is 0.388 e. The molecule has 0 amide bonds. The highest BCUT2D eigenvalue weighted by Crippen LogP contribution is 2.15. The lowest BCUT2D eigenvalue weighted by molar-refractivity contribution is 1.14. The molecule has 0 atom stereocenters. The van der Waals surface area contributed by atoms with Crippen molar-refractivity contribution in [2.24, 2.45) is 5.73 Å². The van der Waals surface area contributed by atoms with Crippen LogP contribution in [0.2, 0.25) is 0 Å². The van der Waals surface area contributed by atoms with E-state index in [0.717, 1.165) is 5.82 Å². The molecule has 0 radical (unpaired) electrons. The van der Waals surface area contributed by atoms with Gasteiger partial charge in [-0.05, 0) is 6.92 Å². The summed E-state index contributed by atoms with van der Waals surface area (Å²) in [5.74, 6) is 1.30. The molecule has 0 spiro atoms. The quantitative estimate of drug-likeness (QED) is 0.788. The lowest BCUT2D eigenvalue weighted by Crippen LogP contribution is -2.12.